The average Bonchev–Trinajstić information content (AvgIpc) is 2.63. The lowest BCUT2D eigenvalue weighted by Crippen LogP contribution is -2.01. The first-order valence-corrected chi connectivity index (χ1v) is 5.57. The highest BCUT2D eigenvalue weighted by atomic mass is 32.2. The Balaban J connectivity index is 2.23. The molecule has 0 saturated carbocycles. The summed E-state index contributed by atoms with van der Waals surface area (Å²) in [6.45, 7) is 1.80. The van der Waals surface area contributed by atoms with Crippen LogP contribution in [0.1, 0.15) is 16.2 Å². The first-order valence-electron chi connectivity index (χ1n) is 4.76. The van der Waals surface area contributed by atoms with Crippen molar-refractivity contribution in [2.24, 2.45) is 0 Å². The Labute approximate surface area is 101 Å². The quantitative estimate of drug-likeness (QED) is 0.714. The molecular formula is C10H10N4O2S. The summed E-state index contributed by atoms with van der Waals surface area (Å²) in [5.41, 5.74) is 5.97. The van der Waals surface area contributed by atoms with Crippen LogP contribution in [0.3, 0.4) is 0 Å². The molecule has 0 aliphatic rings. The first kappa shape index (κ1) is 11.5. The summed E-state index contributed by atoms with van der Waals surface area (Å²) in [6, 6.07) is 4.75. The van der Waals surface area contributed by atoms with Gasteiger partial charge in [0, 0.05) is 10.6 Å². The van der Waals surface area contributed by atoms with Gasteiger partial charge in [-0.25, -0.2) is 9.78 Å². The predicted molar refractivity (Wildman–Crippen MR) is 63.1 cm³/mol. The Morgan fingerprint density at radius 3 is 2.82 bits per heavy atom. The molecular weight excluding hydrogens is 240 g/mol. The third-order valence-electron chi connectivity index (χ3n) is 2.04. The SMILES string of the molecule is Cc1nc(Sc2ccc(C(=O)O)c(N)c2)n[nH]1. The van der Waals surface area contributed by atoms with E-state index in [1.54, 1.807) is 19.1 Å². The highest BCUT2D eigenvalue weighted by molar-refractivity contribution is 7.99. The van der Waals surface area contributed by atoms with Crippen LogP contribution in [0.4, 0.5) is 5.69 Å². The largest absolute Gasteiger partial charge is 0.478 e. The Morgan fingerprint density at radius 2 is 2.29 bits per heavy atom. The number of nitrogen functional groups attached to an aromatic ring is 1. The van der Waals surface area contributed by atoms with E-state index < -0.39 is 5.97 Å². The molecule has 7 heteroatoms. The fourth-order valence-electron chi connectivity index (χ4n) is 1.27. The third kappa shape index (κ3) is 2.56. The van der Waals surface area contributed by atoms with Gasteiger partial charge in [0.1, 0.15) is 5.82 Å². The van der Waals surface area contributed by atoms with E-state index in [9.17, 15) is 4.79 Å². The van der Waals surface area contributed by atoms with Gasteiger partial charge in [0.25, 0.3) is 0 Å². The second-order valence-electron chi connectivity index (χ2n) is 3.36. The summed E-state index contributed by atoms with van der Waals surface area (Å²) in [4.78, 5) is 15.7. The topological polar surface area (TPSA) is 105 Å². The molecule has 1 aromatic carbocycles. The lowest BCUT2D eigenvalue weighted by atomic mass is 10.2. The summed E-state index contributed by atoms with van der Waals surface area (Å²) in [7, 11) is 0. The van der Waals surface area contributed by atoms with Gasteiger partial charge < -0.3 is 10.8 Å². The van der Waals surface area contributed by atoms with Crippen LogP contribution in [0.2, 0.25) is 0 Å². The smallest absolute Gasteiger partial charge is 0.337 e. The third-order valence-corrected chi connectivity index (χ3v) is 2.89. The number of H-pyrrole nitrogens is 1. The maximum absolute atomic E-state index is 10.8. The zero-order valence-corrected chi connectivity index (χ0v) is 9.78. The monoisotopic (exact) mass is 250 g/mol. The summed E-state index contributed by atoms with van der Waals surface area (Å²) in [6.07, 6.45) is 0. The maximum Gasteiger partial charge on any atom is 0.337 e. The zero-order chi connectivity index (χ0) is 12.4. The number of aromatic carboxylic acids is 1. The Bertz CT molecular complexity index is 567. The molecule has 17 heavy (non-hydrogen) atoms. The number of aryl methyl sites for hydroxylation is 1. The second-order valence-corrected chi connectivity index (χ2v) is 4.40. The van der Waals surface area contributed by atoms with Crippen molar-refractivity contribution in [3.63, 3.8) is 0 Å². The van der Waals surface area contributed by atoms with Crippen molar-refractivity contribution >= 4 is 23.4 Å². The lowest BCUT2D eigenvalue weighted by Gasteiger charge is -2.02. The minimum Gasteiger partial charge on any atom is -0.478 e. The minimum atomic E-state index is -1.03. The van der Waals surface area contributed by atoms with E-state index in [0.29, 0.717) is 5.16 Å². The number of aromatic amines is 1. The van der Waals surface area contributed by atoms with Gasteiger partial charge in [-0.2, -0.15) is 0 Å². The molecule has 0 atom stereocenters. The Hall–Kier alpha value is -2.02. The highest BCUT2D eigenvalue weighted by Gasteiger charge is 2.09. The molecule has 6 nitrogen and oxygen atoms in total. The molecule has 0 bridgehead atoms. The van der Waals surface area contributed by atoms with Gasteiger partial charge in [-0.15, -0.1) is 5.10 Å². The van der Waals surface area contributed by atoms with Crippen molar-refractivity contribution in [2.45, 2.75) is 17.0 Å². The van der Waals surface area contributed by atoms with Gasteiger partial charge in [-0.3, -0.25) is 5.10 Å². The van der Waals surface area contributed by atoms with Crippen molar-refractivity contribution in [2.75, 3.05) is 5.73 Å². The Morgan fingerprint density at radius 1 is 1.53 bits per heavy atom. The number of anilines is 1. The number of hydrogen-bond acceptors (Lipinski definition) is 5. The summed E-state index contributed by atoms with van der Waals surface area (Å²) < 4.78 is 0. The number of carboxylic acids is 1. The fourth-order valence-corrected chi connectivity index (χ4v) is 2.08. The number of carbonyl (C=O) groups is 1. The number of nitrogens with one attached hydrogen (secondary N) is 1. The molecule has 1 aromatic heterocycles. The van der Waals surface area contributed by atoms with Gasteiger partial charge in [0.15, 0.2) is 0 Å². The van der Waals surface area contributed by atoms with Crippen LogP contribution in [-0.4, -0.2) is 26.3 Å². The second kappa shape index (κ2) is 4.46. The number of nitrogens with zero attached hydrogens (tertiary/aromatic N) is 2. The van der Waals surface area contributed by atoms with Crippen LogP contribution < -0.4 is 5.73 Å². The lowest BCUT2D eigenvalue weighted by molar-refractivity contribution is 0.0698. The number of aromatic nitrogens is 3. The van der Waals surface area contributed by atoms with E-state index >= 15 is 0 Å². The molecule has 4 N–H and O–H groups in total. The molecule has 0 aliphatic carbocycles. The normalized spacial score (nSPS) is 10.4. The van der Waals surface area contributed by atoms with Crippen LogP contribution in [-0.2, 0) is 0 Å². The van der Waals surface area contributed by atoms with E-state index in [2.05, 4.69) is 15.2 Å². The molecule has 88 valence electrons. The number of benzene rings is 1. The molecule has 1 heterocycles. The number of rotatable bonds is 3. The van der Waals surface area contributed by atoms with E-state index in [0.717, 1.165) is 10.7 Å². The van der Waals surface area contributed by atoms with Crippen molar-refractivity contribution < 1.29 is 9.90 Å². The van der Waals surface area contributed by atoms with Crippen molar-refractivity contribution in [1.29, 1.82) is 0 Å². The van der Waals surface area contributed by atoms with Crippen LogP contribution in [0.5, 0.6) is 0 Å². The molecule has 0 radical (unpaired) electrons. The van der Waals surface area contributed by atoms with E-state index in [1.807, 2.05) is 0 Å². The minimum absolute atomic E-state index is 0.0977. The highest BCUT2D eigenvalue weighted by Crippen LogP contribution is 2.27. The van der Waals surface area contributed by atoms with Crippen molar-refractivity contribution in [1.82, 2.24) is 15.2 Å². The molecule has 0 fully saturated rings. The van der Waals surface area contributed by atoms with Gasteiger partial charge in [-0.05, 0) is 36.9 Å². The van der Waals surface area contributed by atoms with Crippen molar-refractivity contribution in [3.8, 4) is 0 Å². The molecule has 0 spiro atoms. The van der Waals surface area contributed by atoms with Crippen molar-refractivity contribution in [3.05, 3.63) is 29.6 Å². The molecule has 0 unspecified atom stereocenters. The predicted octanol–water partition coefficient (Wildman–Crippen LogP) is 1.54. The van der Waals surface area contributed by atoms with Gasteiger partial charge >= 0.3 is 5.97 Å². The molecule has 2 rings (SSSR count). The van der Waals surface area contributed by atoms with Crippen LogP contribution in [0.15, 0.2) is 28.3 Å². The molecule has 0 amide bonds. The maximum atomic E-state index is 10.8. The molecule has 0 saturated heterocycles. The number of carboxylic acid groups (broad SMARTS) is 1. The summed E-state index contributed by atoms with van der Waals surface area (Å²) in [5.74, 6) is -0.310. The van der Waals surface area contributed by atoms with E-state index in [-0.39, 0.29) is 11.3 Å². The number of hydrogen-bond donors (Lipinski definition) is 3. The van der Waals surface area contributed by atoms with Gasteiger partial charge in [0.05, 0.1) is 5.56 Å². The van der Waals surface area contributed by atoms with E-state index in [4.69, 9.17) is 10.8 Å². The summed E-state index contributed by atoms with van der Waals surface area (Å²) >= 11 is 1.32. The van der Waals surface area contributed by atoms with Crippen LogP contribution >= 0.6 is 11.8 Å². The first-order chi connectivity index (χ1) is 8.06. The molecule has 0 aliphatic heterocycles. The Kier molecular flexibility index (Phi) is 3.01. The van der Waals surface area contributed by atoms with Gasteiger partial charge in [-0.1, -0.05) is 0 Å². The standard InChI is InChI=1S/C10H10N4O2S/c1-5-12-10(14-13-5)17-6-2-3-7(9(15)16)8(11)4-6/h2-4H,11H2,1H3,(H,15,16)(H,12,13,14). The van der Waals surface area contributed by atoms with Crippen LogP contribution in [0, 0.1) is 6.92 Å². The number of nitrogens with two attached hydrogens (primary N) is 1. The summed E-state index contributed by atoms with van der Waals surface area (Å²) in [5, 5.41) is 16.1. The molecule has 2 aromatic rings. The zero-order valence-electron chi connectivity index (χ0n) is 8.97. The fraction of sp³-hybridized carbons (Fsp3) is 0.100. The van der Waals surface area contributed by atoms with Gasteiger partial charge in [0.2, 0.25) is 5.16 Å². The average molecular weight is 250 g/mol. The van der Waals surface area contributed by atoms with Crippen LogP contribution in [0.25, 0.3) is 0 Å². The van der Waals surface area contributed by atoms with E-state index in [1.165, 1.54) is 17.8 Å².